The van der Waals surface area contributed by atoms with Crippen LogP contribution in [-0.4, -0.2) is 19.5 Å². The third-order valence-electron chi connectivity index (χ3n) is 5.33. The Balaban J connectivity index is 2.01. The van der Waals surface area contributed by atoms with Crippen molar-refractivity contribution in [3.05, 3.63) is 75.3 Å². The van der Waals surface area contributed by atoms with Gasteiger partial charge in [0.15, 0.2) is 5.82 Å². The van der Waals surface area contributed by atoms with Crippen molar-refractivity contribution in [2.75, 3.05) is 16.8 Å². The summed E-state index contributed by atoms with van der Waals surface area (Å²) in [6.07, 6.45) is 0.357. The highest BCUT2D eigenvalue weighted by atomic mass is 19.1. The van der Waals surface area contributed by atoms with Crippen LogP contribution in [0.3, 0.4) is 0 Å². The van der Waals surface area contributed by atoms with Crippen LogP contribution in [0.25, 0.3) is 16.6 Å². The molecule has 0 amide bonds. The van der Waals surface area contributed by atoms with Crippen molar-refractivity contribution in [3.8, 4) is 11.8 Å². The first-order valence-corrected chi connectivity index (χ1v) is 10.3. The van der Waals surface area contributed by atoms with Gasteiger partial charge in [-0.2, -0.15) is 15.2 Å². The van der Waals surface area contributed by atoms with E-state index in [0.717, 1.165) is 22.8 Å². The highest BCUT2D eigenvalue weighted by Crippen LogP contribution is 2.28. The van der Waals surface area contributed by atoms with Crippen molar-refractivity contribution in [1.29, 1.82) is 5.26 Å². The number of nitrogens with zero attached hydrogens (tertiary/aromatic N) is 5. The monoisotopic (exact) mass is 462 g/mol. The highest BCUT2D eigenvalue weighted by Gasteiger charge is 2.24. The molecule has 34 heavy (non-hydrogen) atoms. The Hall–Kier alpha value is -4.59. The number of nitriles is 1. The first-order chi connectivity index (χ1) is 16.2. The average Bonchev–Trinajstić information content (AvgIpc) is 2.76. The van der Waals surface area contributed by atoms with Gasteiger partial charge in [-0.15, -0.1) is 0 Å². The van der Waals surface area contributed by atoms with Crippen molar-refractivity contribution in [2.45, 2.75) is 26.3 Å². The zero-order chi connectivity index (χ0) is 24.6. The van der Waals surface area contributed by atoms with E-state index in [-0.39, 0.29) is 34.7 Å². The largest absolute Gasteiger partial charge is 0.382 e. The van der Waals surface area contributed by atoms with Gasteiger partial charge in [0.1, 0.15) is 34.9 Å². The minimum Gasteiger partial charge on any atom is -0.382 e. The second kappa shape index (κ2) is 8.74. The standard InChI is InChI=1S/C23H20F2N8O/c1-3-16(29-20-15(10-26)19(27)31-23(28)32-20)21-30-17-6-4-5-11(2)18(17)22(34)33(21)14-8-12(24)7-13(25)9-14/h4-9,16H,3H2,1-2H3,(H5,27,28,29,31,32). The quantitative estimate of drug-likeness (QED) is 0.409. The van der Waals surface area contributed by atoms with Gasteiger partial charge in [0.25, 0.3) is 5.56 Å². The SMILES string of the molecule is CCC(Nc1nc(N)nc(N)c1C#N)c1nc2cccc(C)c2c(=O)n1-c1cc(F)cc(F)c1. The highest BCUT2D eigenvalue weighted by molar-refractivity contribution is 5.81. The van der Waals surface area contributed by atoms with E-state index >= 15 is 0 Å². The number of rotatable bonds is 5. The van der Waals surface area contributed by atoms with E-state index in [1.54, 1.807) is 32.0 Å². The number of aromatic nitrogens is 4. The number of hydrogen-bond acceptors (Lipinski definition) is 8. The summed E-state index contributed by atoms with van der Waals surface area (Å²) in [6, 6.07) is 9.21. The third kappa shape index (κ3) is 3.97. The fraction of sp³-hybridized carbons (Fsp3) is 0.174. The molecule has 4 rings (SSSR count). The number of nitrogen functional groups attached to an aromatic ring is 2. The molecular weight excluding hydrogens is 442 g/mol. The Morgan fingerprint density at radius 3 is 2.50 bits per heavy atom. The van der Waals surface area contributed by atoms with Gasteiger partial charge in [-0.05, 0) is 37.1 Å². The Morgan fingerprint density at radius 2 is 1.85 bits per heavy atom. The number of anilines is 3. The molecule has 5 N–H and O–H groups in total. The van der Waals surface area contributed by atoms with Gasteiger partial charge in [-0.1, -0.05) is 19.1 Å². The maximum absolute atomic E-state index is 14.1. The summed E-state index contributed by atoms with van der Waals surface area (Å²) < 4.78 is 29.4. The molecule has 11 heteroatoms. The molecule has 0 radical (unpaired) electrons. The molecule has 0 bridgehead atoms. The van der Waals surface area contributed by atoms with Crippen molar-refractivity contribution in [2.24, 2.45) is 0 Å². The Morgan fingerprint density at radius 1 is 1.15 bits per heavy atom. The number of nitrogens with one attached hydrogen (secondary N) is 1. The molecule has 9 nitrogen and oxygen atoms in total. The Kier molecular flexibility index (Phi) is 5.81. The summed E-state index contributed by atoms with van der Waals surface area (Å²) >= 11 is 0. The van der Waals surface area contributed by atoms with Crippen LogP contribution in [-0.2, 0) is 0 Å². The first kappa shape index (κ1) is 22.6. The molecule has 2 aromatic carbocycles. The van der Waals surface area contributed by atoms with Crippen molar-refractivity contribution in [3.63, 3.8) is 0 Å². The first-order valence-electron chi connectivity index (χ1n) is 10.3. The predicted octanol–water partition coefficient (Wildman–Crippen LogP) is 3.36. The van der Waals surface area contributed by atoms with E-state index < -0.39 is 23.2 Å². The molecule has 0 aliphatic rings. The molecule has 2 aromatic heterocycles. The normalized spacial score (nSPS) is 11.9. The lowest BCUT2D eigenvalue weighted by atomic mass is 10.1. The zero-order valence-electron chi connectivity index (χ0n) is 18.3. The lowest BCUT2D eigenvalue weighted by molar-refractivity contribution is 0.578. The van der Waals surface area contributed by atoms with Gasteiger partial charge >= 0.3 is 0 Å². The van der Waals surface area contributed by atoms with E-state index in [1.165, 1.54) is 0 Å². The Labute approximate surface area is 192 Å². The van der Waals surface area contributed by atoms with E-state index in [0.29, 0.717) is 22.9 Å². The topological polar surface area (TPSA) is 149 Å². The summed E-state index contributed by atoms with van der Waals surface area (Å²) in [6.45, 7) is 3.56. The molecular formula is C23H20F2N8O. The van der Waals surface area contributed by atoms with E-state index in [9.17, 15) is 18.8 Å². The number of nitrogens with two attached hydrogens (primary N) is 2. The van der Waals surface area contributed by atoms with E-state index in [1.807, 2.05) is 6.07 Å². The minimum atomic E-state index is -0.846. The second-order valence-corrected chi connectivity index (χ2v) is 7.61. The third-order valence-corrected chi connectivity index (χ3v) is 5.33. The molecule has 0 fully saturated rings. The predicted molar refractivity (Wildman–Crippen MR) is 124 cm³/mol. The molecule has 0 aliphatic heterocycles. The molecule has 1 unspecified atom stereocenters. The Bertz CT molecular complexity index is 1510. The number of hydrogen-bond donors (Lipinski definition) is 3. The smallest absolute Gasteiger partial charge is 0.266 e. The maximum Gasteiger partial charge on any atom is 0.266 e. The molecule has 0 spiro atoms. The van der Waals surface area contributed by atoms with Crippen LogP contribution in [0.2, 0.25) is 0 Å². The van der Waals surface area contributed by atoms with Gasteiger partial charge in [0, 0.05) is 6.07 Å². The van der Waals surface area contributed by atoms with Crippen molar-refractivity contribution < 1.29 is 8.78 Å². The minimum absolute atomic E-state index is 0.0300. The fourth-order valence-electron chi connectivity index (χ4n) is 3.79. The van der Waals surface area contributed by atoms with Crippen LogP contribution in [0.4, 0.5) is 26.4 Å². The van der Waals surface area contributed by atoms with Gasteiger partial charge in [-0.3, -0.25) is 9.36 Å². The molecule has 4 aromatic rings. The van der Waals surface area contributed by atoms with E-state index in [2.05, 4.69) is 20.3 Å². The summed E-state index contributed by atoms with van der Waals surface area (Å²) in [5.41, 5.74) is 12.0. The second-order valence-electron chi connectivity index (χ2n) is 7.61. The number of benzene rings is 2. The van der Waals surface area contributed by atoms with E-state index in [4.69, 9.17) is 11.5 Å². The number of fused-ring (bicyclic) bond motifs is 1. The molecule has 1 atom stereocenters. The molecule has 0 saturated heterocycles. The number of halogens is 2. The van der Waals surface area contributed by atoms with Crippen molar-refractivity contribution in [1.82, 2.24) is 19.5 Å². The lowest BCUT2D eigenvalue weighted by Crippen LogP contribution is -2.29. The summed E-state index contributed by atoms with van der Waals surface area (Å²) in [7, 11) is 0. The lowest BCUT2D eigenvalue weighted by Gasteiger charge is -2.23. The van der Waals surface area contributed by atoms with Gasteiger partial charge < -0.3 is 16.8 Å². The van der Waals surface area contributed by atoms with Crippen LogP contribution < -0.4 is 22.3 Å². The molecule has 2 heterocycles. The molecule has 0 aliphatic carbocycles. The van der Waals surface area contributed by atoms with Crippen LogP contribution in [0.1, 0.15) is 36.3 Å². The van der Waals surface area contributed by atoms with Crippen LogP contribution in [0.15, 0.2) is 41.2 Å². The maximum atomic E-state index is 14.1. The fourth-order valence-corrected chi connectivity index (χ4v) is 3.79. The van der Waals surface area contributed by atoms with Gasteiger partial charge in [0.05, 0.1) is 22.6 Å². The van der Waals surface area contributed by atoms with Crippen LogP contribution in [0, 0.1) is 29.9 Å². The van der Waals surface area contributed by atoms with Crippen LogP contribution >= 0.6 is 0 Å². The van der Waals surface area contributed by atoms with Gasteiger partial charge in [0.2, 0.25) is 5.95 Å². The number of aryl methyl sites for hydroxylation is 1. The zero-order valence-corrected chi connectivity index (χ0v) is 18.3. The average molecular weight is 462 g/mol. The summed E-state index contributed by atoms with van der Waals surface area (Å²) in [5.74, 6) is -1.74. The van der Waals surface area contributed by atoms with Gasteiger partial charge in [-0.25, -0.2) is 13.8 Å². The molecule has 0 saturated carbocycles. The molecule has 172 valence electrons. The summed E-state index contributed by atoms with van der Waals surface area (Å²) in [5, 5.41) is 12.9. The van der Waals surface area contributed by atoms with Crippen LogP contribution in [0.5, 0.6) is 0 Å². The summed E-state index contributed by atoms with van der Waals surface area (Å²) in [4.78, 5) is 26.2. The van der Waals surface area contributed by atoms with Crippen molar-refractivity contribution >= 4 is 28.5 Å².